The van der Waals surface area contributed by atoms with Gasteiger partial charge < -0.3 is 20.9 Å². The number of nitrogens with zero attached hydrogens (tertiary/aromatic N) is 1. The molecule has 2 aliphatic heterocycles. The quantitative estimate of drug-likeness (QED) is 0.800. The Morgan fingerprint density at radius 1 is 1.33 bits per heavy atom. The monoisotopic (exact) mass is 330 g/mol. The minimum absolute atomic E-state index is 0.0439. The van der Waals surface area contributed by atoms with Crippen molar-refractivity contribution in [3.63, 3.8) is 0 Å². The van der Waals surface area contributed by atoms with E-state index < -0.39 is 5.91 Å². The standard InChI is InChI=1S/C18H23FN4O/c1-9-10(2)22-17-11(4-15(20)24)3-14(19)18(16(9)17)23-7-12-5-21-6-13(12)8-23/h3,12-13,21-22H,4-8H2,1-2H3,(H2,20,24)/t12-,13+. The molecule has 0 saturated carbocycles. The van der Waals surface area contributed by atoms with Gasteiger partial charge in [-0.25, -0.2) is 4.39 Å². The Balaban J connectivity index is 1.86. The van der Waals surface area contributed by atoms with E-state index in [1.54, 1.807) is 0 Å². The lowest BCUT2D eigenvalue weighted by Crippen LogP contribution is -2.26. The average molecular weight is 330 g/mol. The molecule has 1 amide bonds. The Kier molecular flexibility index (Phi) is 3.53. The molecule has 0 radical (unpaired) electrons. The number of carbonyl (C=O) groups excluding carboxylic acids is 1. The van der Waals surface area contributed by atoms with E-state index in [0.29, 0.717) is 23.1 Å². The number of aromatic amines is 1. The Morgan fingerprint density at radius 2 is 2.00 bits per heavy atom. The lowest BCUT2D eigenvalue weighted by atomic mass is 10.0. The van der Waals surface area contributed by atoms with E-state index in [9.17, 15) is 4.79 Å². The summed E-state index contributed by atoms with van der Waals surface area (Å²) in [5.74, 6) is 0.471. The number of carbonyl (C=O) groups is 1. The number of rotatable bonds is 3. The van der Waals surface area contributed by atoms with Gasteiger partial charge in [0.1, 0.15) is 5.82 Å². The van der Waals surface area contributed by atoms with Crippen LogP contribution < -0.4 is 16.0 Å². The van der Waals surface area contributed by atoms with Crippen LogP contribution in [0.5, 0.6) is 0 Å². The molecule has 6 heteroatoms. The van der Waals surface area contributed by atoms with E-state index >= 15 is 4.39 Å². The third-order valence-corrected chi connectivity index (χ3v) is 5.66. The van der Waals surface area contributed by atoms with Crippen molar-refractivity contribution in [1.29, 1.82) is 0 Å². The molecule has 128 valence electrons. The van der Waals surface area contributed by atoms with Crippen LogP contribution in [0, 0.1) is 31.5 Å². The van der Waals surface area contributed by atoms with Crippen LogP contribution in [0.2, 0.25) is 0 Å². The van der Waals surface area contributed by atoms with Crippen LogP contribution >= 0.6 is 0 Å². The molecule has 2 atom stereocenters. The lowest BCUT2D eigenvalue weighted by molar-refractivity contribution is -0.117. The second kappa shape index (κ2) is 5.48. The molecule has 2 aromatic rings. The summed E-state index contributed by atoms with van der Waals surface area (Å²) in [5, 5.41) is 4.32. The van der Waals surface area contributed by atoms with Gasteiger partial charge in [0.05, 0.1) is 17.6 Å². The molecule has 2 saturated heterocycles. The number of hydrogen-bond donors (Lipinski definition) is 3. The molecule has 2 aliphatic rings. The van der Waals surface area contributed by atoms with Crippen LogP contribution in [-0.4, -0.2) is 37.1 Å². The molecule has 2 fully saturated rings. The summed E-state index contributed by atoms with van der Waals surface area (Å²) in [6, 6.07) is 1.48. The first-order chi connectivity index (χ1) is 11.5. The maximum absolute atomic E-state index is 15.0. The molecule has 1 aromatic heterocycles. The summed E-state index contributed by atoms with van der Waals surface area (Å²) >= 11 is 0. The molecule has 4 rings (SSSR count). The van der Waals surface area contributed by atoms with Crippen molar-refractivity contribution in [2.75, 3.05) is 31.1 Å². The second-order valence-electron chi connectivity index (χ2n) is 7.22. The van der Waals surface area contributed by atoms with E-state index in [4.69, 9.17) is 5.73 Å². The number of anilines is 1. The number of H-pyrrole nitrogens is 1. The van der Waals surface area contributed by atoms with Crippen molar-refractivity contribution in [3.8, 4) is 0 Å². The number of halogens is 1. The van der Waals surface area contributed by atoms with Gasteiger partial charge in [-0.05, 0) is 42.9 Å². The van der Waals surface area contributed by atoms with Crippen LogP contribution in [0.4, 0.5) is 10.1 Å². The minimum atomic E-state index is -0.449. The number of benzene rings is 1. The summed E-state index contributed by atoms with van der Waals surface area (Å²) < 4.78 is 15.0. The topological polar surface area (TPSA) is 74.2 Å². The number of hydrogen-bond acceptors (Lipinski definition) is 3. The number of fused-ring (bicyclic) bond motifs is 2. The summed E-state index contributed by atoms with van der Waals surface area (Å²) in [7, 11) is 0. The number of nitrogens with one attached hydrogen (secondary N) is 2. The van der Waals surface area contributed by atoms with Crippen LogP contribution in [0.1, 0.15) is 16.8 Å². The predicted molar refractivity (Wildman–Crippen MR) is 92.7 cm³/mol. The van der Waals surface area contributed by atoms with E-state index in [-0.39, 0.29) is 12.2 Å². The molecule has 0 aliphatic carbocycles. The fourth-order valence-corrected chi connectivity index (χ4v) is 4.34. The van der Waals surface area contributed by atoms with Crippen LogP contribution in [-0.2, 0) is 11.2 Å². The lowest BCUT2D eigenvalue weighted by Gasteiger charge is -2.23. The molecule has 3 heterocycles. The predicted octanol–water partition coefficient (Wildman–Crippen LogP) is 1.61. The average Bonchev–Trinajstić information content (AvgIpc) is 3.15. The fourth-order valence-electron chi connectivity index (χ4n) is 4.34. The van der Waals surface area contributed by atoms with Gasteiger partial charge in [0.25, 0.3) is 0 Å². The largest absolute Gasteiger partial charge is 0.369 e. The number of aromatic nitrogens is 1. The highest BCUT2D eigenvalue weighted by Gasteiger charge is 2.38. The molecule has 4 N–H and O–H groups in total. The van der Waals surface area contributed by atoms with Gasteiger partial charge in [-0.3, -0.25) is 4.79 Å². The van der Waals surface area contributed by atoms with Crippen molar-refractivity contribution in [3.05, 3.63) is 28.7 Å². The smallest absolute Gasteiger partial charge is 0.221 e. The summed E-state index contributed by atoms with van der Waals surface area (Å²) in [4.78, 5) is 16.9. The molecule has 0 spiro atoms. The van der Waals surface area contributed by atoms with E-state index in [1.807, 2.05) is 13.8 Å². The van der Waals surface area contributed by atoms with E-state index in [1.165, 1.54) is 6.07 Å². The van der Waals surface area contributed by atoms with E-state index in [0.717, 1.165) is 48.3 Å². The highest BCUT2D eigenvalue weighted by molar-refractivity contribution is 6.00. The summed E-state index contributed by atoms with van der Waals surface area (Å²) in [5.41, 5.74) is 9.54. The normalized spacial score (nSPS) is 23.2. The van der Waals surface area contributed by atoms with Gasteiger partial charge in [-0.15, -0.1) is 0 Å². The van der Waals surface area contributed by atoms with Crippen molar-refractivity contribution >= 4 is 22.5 Å². The molecule has 5 nitrogen and oxygen atoms in total. The first-order valence-electron chi connectivity index (χ1n) is 8.50. The second-order valence-corrected chi connectivity index (χ2v) is 7.22. The van der Waals surface area contributed by atoms with Crippen molar-refractivity contribution in [2.24, 2.45) is 17.6 Å². The zero-order chi connectivity index (χ0) is 17.0. The fraction of sp³-hybridized carbons (Fsp3) is 0.500. The molecular weight excluding hydrogens is 307 g/mol. The maximum atomic E-state index is 15.0. The maximum Gasteiger partial charge on any atom is 0.221 e. The van der Waals surface area contributed by atoms with Crippen LogP contribution in [0.15, 0.2) is 6.07 Å². The Bertz CT molecular complexity index is 816. The first-order valence-corrected chi connectivity index (χ1v) is 8.50. The minimum Gasteiger partial charge on any atom is -0.369 e. The Morgan fingerprint density at radius 3 is 2.62 bits per heavy atom. The van der Waals surface area contributed by atoms with Crippen LogP contribution in [0.3, 0.4) is 0 Å². The zero-order valence-corrected chi connectivity index (χ0v) is 14.1. The zero-order valence-electron chi connectivity index (χ0n) is 14.1. The highest BCUT2D eigenvalue weighted by atomic mass is 19.1. The first kappa shape index (κ1) is 15.4. The third kappa shape index (κ3) is 2.28. The van der Waals surface area contributed by atoms with Crippen LogP contribution in [0.25, 0.3) is 10.9 Å². The summed E-state index contributed by atoms with van der Waals surface area (Å²) in [6.07, 6.45) is 0.0439. The van der Waals surface area contributed by atoms with Crippen molar-refractivity contribution in [2.45, 2.75) is 20.3 Å². The Hall–Kier alpha value is -2.08. The van der Waals surface area contributed by atoms with Gasteiger partial charge in [0.15, 0.2) is 0 Å². The van der Waals surface area contributed by atoms with Gasteiger partial charge in [0, 0.05) is 37.3 Å². The molecule has 1 aromatic carbocycles. The third-order valence-electron chi connectivity index (χ3n) is 5.66. The number of nitrogens with two attached hydrogens (primary N) is 1. The molecular formula is C18H23FN4O. The molecule has 0 bridgehead atoms. The molecule has 24 heavy (non-hydrogen) atoms. The van der Waals surface area contributed by atoms with Crippen molar-refractivity contribution in [1.82, 2.24) is 10.3 Å². The van der Waals surface area contributed by atoms with Gasteiger partial charge in [0.2, 0.25) is 5.91 Å². The van der Waals surface area contributed by atoms with Gasteiger partial charge in [-0.2, -0.15) is 0 Å². The molecule has 0 unspecified atom stereocenters. The SMILES string of the molecule is Cc1[nH]c2c(CC(N)=O)cc(F)c(N3C[C@H]4CNC[C@H]4C3)c2c1C. The van der Waals surface area contributed by atoms with Crippen molar-refractivity contribution < 1.29 is 9.18 Å². The Labute approximate surface area is 140 Å². The number of primary amides is 1. The number of amides is 1. The highest BCUT2D eigenvalue weighted by Crippen LogP contribution is 2.40. The van der Waals surface area contributed by atoms with Gasteiger partial charge >= 0.3 is 0 Å². The van der Waals surface area contributed by atoms with Gasteiger partial charge in [-0.1, -0.05) is 0 Å². The number of aryl methyl sites for hydroxylation is 2. The summed E-state index contributed by atoms with van der Waals surface area (Å²) in [6.45, 7) is 7.76. The van der Waals surface area contributed by atoms with E-state index in [2.05, 4.69) is 15.2 Å².